The maximum atomic E-state index is 12.8. The molecule has 3 fully saturated rings. The summed E-state index contributed by atoms with van der Waals surface area (Å²) >= 11 is 1.34. The van der Waals surface area contributed by atoms with Gasteiger partial charge in [0.15, 0.2) is 0 Å². The summed E-state index contributed by atoms with van der Waals surface area (Å²) in [5, 5.41) is 9.17. The predicted octanol–water partition coefficient (Wildman–Crippen LogP) is -0.450. The maximum Gasteiger partial charge on any atom is 0.239 e. The Balaban J connectivity index is 1.37. The first-order valence-electron chi connectivity index (χ1n) is 9.98. The van der Waals surface area contributed by atoms with Crippen molar-refractivity contribution in [2.75, 3.05) is 46.4 Å². The molecule has 0 radical (unpaired) electrons. The molecular weight excluding hydrogens is 380 g/mol. The fraction of sp³-hybridized carbons (Fsp3) is 0.778. The average Bonchev–Trinajstić information content (AvgIpc) is 3.35. The lowest BCUT2D eigenvalue weighted by molar-refractivity contribution is -0.135. The minimum atomic E-state index is -0.174. The molecule has 3 atom stereocenters. The van der Waals surface area contributed by atoms with Crippen LogP contribution in [0.5, 0.6) is 0 Å². The van der Waals surface area contributed by atoms with Crippen molar-refractivity contribution in [3.05, 3.63) is 11.1 Å². The van der Waals surface area contributed by atoms with E-state index in [-0.39, 0.29) is 29.9 Å². The number of morpholine rings is 1. The molecule has 10 heteroatoms. The number of aromatic nitrogens is 2. The molecule has 1 aromatic rings. The molecule has 0 spiro atoms. The van der Waals surface area contributed by atoms with E-state index in [1.54, 1.807) is 0 Å². The van der Waals surface area contributed by atoms with E-state index in [1.807, 2.05) is 10.3 Å². The van der Waals surface area contributed by atoms with Crippen molar-refractivity contribution < 1.29 is 14.3 Å². The molecule has 0 unspecified atom stereocenters. The zero-order valence-corrected chi connectivity index (χ0v) is 17.1. The van der Waals surface area contributed by atoms with Crippen molar-refractivity contribution in [3.63, 3.8) is 0 Å². The molecule has 4 rings (SSSR count). The Morgan fingerprint density at radius 1 is 1.36 bits per heavy atom. The van der Waals surface area contributed by atoms with Crippen LogP contribution in [0.25, 0.3) is 0 Å². The lowest BCUT2D eigenvalue weighted by atomic mass is 10.0. The van der Waals surface area contributed by atoms with Gasteiger partial charge in [0, 0.05) is 56.6 Å². The first-order chi connectivity index (χ1) is 13.6. The van der Waals surface area contributed by atoms with Crippen LogP contribution >= 0.6 is 11.5 Å². The predicted molar refractivity (Wildman–Crippen MR) is 104 cm³/mol. The van der Waals surface area contributed by atoms with Gasteiger partial charge in [0.1, 0.15) is 6.04 Å². The summed E-state index contributed by atoms with van der Waals surface area (Å²) in [6.45, 7) is 4.72. The topological polar surface area (TPSA) is 90.9 Å². The van der Waals surface area contributed by atoms with Crippen molar-refractivity contribution in [2.24, 2.45) is 0 Å². The molecule has 4 heterocycles. The number of rotatable bonds is 5. The van der Waals surface area contributed by atoms with Gasteiger partial charge in [0.2, 0.25) is 11.8 Å². The fourth-order valence-electron chi connectivity index (χ4n) is 4.55. The number of ether oxygens (including phenoxy) is 1. The highest BCUT2D eigenvalue weighted by atomic mass is 32.1. The molecule has 3 aliphatic heterocycles. The molecular formula is C18H28N6O3S. The van der Waals surface area contributed by atoms with Gasteiger partial charge in [-0.3, -0.25) is 19.4 Å². The Kier molecular flexibility index (Phi) is 6.19. The first kappa shape index (κ1) is 19.7. The van der Waals surface area contributed by atoms with E-state index in [9.17, 15) is 9.59 Å². The molecule has 154 valence electrons. The van der Waals surface area contributed by atoms with Crippen LogP contribution in [0.3, 0.4) is 0 Å². The van der Waals surface area contributed by atoms with Crippen LogP contribution in [0.1, 0.15) is 25.0 Å². The maximum absolute atomic E-state index is 12.8. The molecule has 28 heavy (non-hydrogen) atoms. The number of hydrogen-bond acceptors (Lipinski definition) is 8. The molecule has 0 saturated carbocycles. The Morgan fingerprint density at radius 2 is 2.18 bits per heavy atom. The van der Waals surface area contributed by atoms with Gasteiger partial charge in [-0.25, -0.2) is 0 Å². The second kappa shape index (κ2) is 8.81. The molecule has 0 aromatic carbocycles. The van der Waals surface area contributed by atoms with Gasteiger partial charge in [-0.1, -0.05) is 4.49 Å². The third-order valence-electron chi connectivity index (χ3n) is 6.18. The van der Waals surface area contributed by atoms with Gasteiger partial charge in [0.05, 0.1) is 18.9 Å². The zero-order valence-electron chi connectivity index (χ0n) is 16.2. The Morgan fingerprint density at radius 3 is 2.93 bits per heavy atom. The molecule has 1 N–H and O–H groups in total. The van der Waals surface area contributed by atoms with Crippen molar-refractivity contribution in [1.82, 2.24) is 29.6 Å². The van der Waals surface area contributed by atoms with E-state index >= 15 is 0 Å². The SMILES string of the molecule is CN1[C@@H](CCC(=O)N2CCOCC2)CNC(=O)[C@@H]2[C@@H]1CCN2Cc1csnn1. The van der Waals surface area contributed by atoms with Crippen LogP contribution in [-0.4, -0.2) is 101 Å². The highest BCUT2D eigenvalue weighted by Gasteiger charge is 2.45. The number of carbonyl (C=O) groups is 2. The molecule has 1 aromatic heterocycles. The summed E-state index contributed by atoms with van der Waals surface area (Å²) in [7, 11) is 2.09. The van der Waals surface area contributed by atoms with Crippen LogP contribution in [0.4, 0.5) is 0 Å². The minimum absolute atomic E-state index is 0.0829. The number of carbonyl (C=O) groups excluding carboxylic acids is 2. The number of nitrogens with zero attached hydrogens (tertiary/aromatic N) is 5. The molecule has 3 saturated heterocycles. The summed E-state index contributed by atoms with van der Waals surface area (Å²) < 4.78 is 9.24. The Labute approximate surface area is 169 Å². The summed E-state index contributed by atoms with van der Waals surface area (Å²) in [4.78, 5) is 31.7. The largest absolute Gasteiger partial charge is 0.378 e. The number of nitrogens with one attached hydrogen (secondary N) is 1. The number of likely N-dealkylation sites (tertiary alicyclic amines) is 1. The summed E-state index contributed by atoms with van der Waals surface area (Å²) in [5.41, 5.74) is 0.915. The lowest BCUT2D eigenvalue weighted by Crippen LogP contribution is -2.49. The number of hydrogen-bond donors (Lipinski definition) is 1. The second-order valence-corrected chi connectivity index (χ2v) is 8.37. The van der Waals surface area contributed by atoms with Crippen LogP contribution in [0, 0.1) is 0 Å². The van der Waals surface area contributed by atoms with Crippen molar-refractivity contribution in [3.8, 4) is 0 Å². The Hall–Kier alpha value is -1.62. The van der Waals surface area contributed by atoms with E-state index in [0.29, 0.717) is 45.8 Å². The highest BCUT2D eigenvalue weighted by molar-refractivity contribution is 7.03. The van der Waals surface area contributed by atoms with Crippen molar-refractivity contribution in [1.29, 1.82) is 0 Å². The van der Waals surface area contributed by atoms with Crippen LogP contribution in [0.2, 0.25) is 0 Å². The van der Waals surface area contributed by atoms with Crippen LogP contribution in [0.15, 0.2) is 5.38 Å². The van der Waals surface area contributed by atoms with E-state index in [1.165, 1.54) is 11.5 Å². The van der Waals surface area contributed by atoms with Gasteiger partial charge in [-0.15, -0.1) is 5.10 Å². The molecule has 9 nitrogen and oxygen atoms in total. The number of fused-ring (bicyclic) bond motifs is 1. The van der Waals surface area contributed by atoms with Gasteiger partial charge < -0.3 is 15.0 Å². The monoisotopic (exact) mass is 408 g/mol. The van der Waals surface area contributed by atoms with Gasteiger partial charge in [-0.05, 0) is 31.4 Å². The fourth-order valence-corrected chi connectivity index (χ4v) is 4.99. The number of likely N-dealkylation sites (N-methyl/N-ethyl adjacent to an activating group) is 1. The summed E-state index contributed by atoms with van der Waals surface area (Å²) in [6.07, 6.45) is 2.21. The van der Waals surface area contributed by atoms with Gasteiger partial charge in [0.25, 0.3) is 0 Å². The van der Waals surface area contributed by atoms with E-state index in [2.05, 4.69) is 31.8 Å². The third kappa shape index (κ3) is 4.19. The van der Waals surface area contributed by atoms with E-state index < -0.39 is 0 Å². The summed E-state index contributed by atoms with van der Waals surface area (Å²) in [5.74, 6) is 0.271. The Bertz CT molecular complexity index is 681. The van der Waals surface area contributed by atoms with E-state index in [0.717, 1.165) is 25.1 Å². The third-order valence-corrected chi connectivity index (χ3v) is 6.73. The quantitative estimate of drug-likeness (QED) is 0.706. The van der Waals surface area contributed by atoms with Gasteiger partial charge in [-0.2, -0.15) is 0 Å². The van der Waals surface area contributed by atoms with Gasteiger partial charge >= 0.3 is 0 Å². The molecule has 0 aliphatic carbocycles. The van der Waals surface area contributed by atoms with Crippen molar-refractivity contribution in [2.45, 2.75) is 43.9 Å². The molecule has 0 bridgehead atoms. The van der Waals surface area contributed by atoms with Crippen LogP contribution in [-0.2, 0) is 20.9 Å². The normalized spacial score (nSPS) is 29.4. The van der Waals surface area contributed by atoms with Crippen molar-refractivity contribution >= 4 is 23.3 Å². The highest BCUT2D eigenvalue weighted by Crippen LogP contribution is 2.28. The smallest absolute Gasteiger partial charge is 0.239 e. The number of amides is 2. The average molecular weight is 409 g/mol. The molecule has 3 aliphatic rings. The standard InChI is InChI=1S/C18H28N6O3S/c1-22-14(2-3-16(25)23-6-8-27-9-7-23)10-19-18(26)17-15(22)4-5-24(17)11-13-12-28-21-20-13/h12,14-15,17H,2-11H2,1H3,(H,19,26)/t14-,15-,17-/m0/s1. The van der Waals surface area contributed by atoms with Crippen LogP contribution < -0.4 is 5.32 Å². The molecule has 2 amide bonds. The van der Waals surface area contributed by atoms with E-state index in [4.69, 9.17) is 4.74 Å². The summed E-state index contributed by atoms with van der Waals surface area (Å²) in [6, 6.07) is 0.161. The lowest BCUT2D eigenvalue weighted by Gasteiger charge is -2.33. The minimum Gasteiger partial charge on any atom is -0.378 e. The first-order valence-corrected chi connectivity index (χ1v) is 10.8. The zero-order chi connectivity index (χ0) is 19.5. The second-order valence-electron chi connectivity index (χ2n) is 7.76.